The van der Waals surface area contributed by atoms with Crippen molar-refractivity contribution >= 4 is 22.5 Å². The Hall–Kier alpha value is -2.39. The molecule has 182 valence electrons. The molecule has 3 N–H and O–H groups in total. The monoisotopic (exact) mass is 466 g/mol. The van der Waals surface area contributed by atoms with Crippen LogP contribution in [0.1, 0.15) is 55.2 Å². The van der Waals surface area contributed by atoms with E-state index in [1.54, 1.807) is 23.1 Å². The smallest absolute Gasteiger partial charge is 0.395 e. The number of aliphatic hydroxyl groups is 1. The van der Waals surface area contributed by atoms with Gasteiger partial charge in [-0.2, -0.15) is 13.2 Å². The lowest BCUT2D eigenvalue weighted by atomic mass is 9.84. The molecule has 1 aromatic carbocycles. The summed E-state index contributed by atoms with van der Waals surface area (Å²) >= 11 is 0. The molecule has 6 nitrogen and oxygen atoms in total. The SMILES string of the molecule is Cc1cc(C(=O)N2CCC(NCCO)CC2)nc2c(C(C)(C)C)cc(NCC(F)(F)F)cc12. The number of halogens is 3. The molecule has 0 bridgehead atoms. The lowest BCUT2D eigenvalue weighted by Gasteiger charge is -2.32. The lowest BCUT2D eigenvalue weighted by molar-refractivity contribution is -0.115. The molecule has 9 heteroatoms. The van der Waals surface area contributed by atoms with Gasteiger partial charge in [-0.1, -0.05) is 20.8 Å². The fourth-order valence-electron chi connectivity index (χ4n) is 4.19. The van der Waals surface area contributed by atoms with Crippen molar-refractivity contribution in [1.82, 2.24) is 15.2 Å². The van der Waals surface area contributed by atoms with Gasteiger partial charge in [0.2, 0.25) is 0 Å². The Morgan fingerprint density at radius 1 is 1.18 bits per heavy atom. The summed E-state index contributed by atoms with van der Waals surface area (Å²) in [7, 11) is 0. The van der Waals surface area contributed by atoms with Gasteiger partial charge in [0.05, 0.1) is 12.1 Å². The van der Waals surface area contributed by atoms with E-state index in [0.717, 1.165) is 29.4 Å². The number of carbonyl (C=O) groups is 1. The van der Waals surface area contributed by atoms with E-state index in [0.29, 0.717) is 36.5 Å². The zero-order chi connectivity index (χ0) is 24.4. The fraction of sp³-hybridized carbons (Fsp3) is 0.583. The normalized spacial score (nSPS) is 15.8. The number of likely N-dealkylation sites (tertiary alicyclic amines) is 1. The highest BCUT2D eigenvalue weighted by atomic mass is 19.4. The van der Waals surface area contributed by atoms with Gasteiger partial charge in [0.1, 0.15) is 12.2 Å². The first kappa shape index (κ1) is 25.2. The van der Waals surface area contributed by atoms with Crippen LogP contribution >= 0.6 is 0 Å². The topological polar surface area (TPSA) is 77.5 Å². The maximum Gasteiger partial charge on any atom is 0.405 e. The highest BCUT2D eigenvalue weighted by Crippen LogP contribution is 2.34. The number of fused-ring (bicyclic) bond motifs is 1. The van der Waals surface area contributed by atoms with Crippen molar-refractivity contribution in [2.75, 3.05) is 38.1 Å². The molecule has 1 saturated heterocycles. The molecule has 2 aromatic rings. The molecular weight excluding hydrogens is 433 g/mol. The highest BCUT2D eigenvalue weighted by Gasteiger charge is 2.28. The third-order valence-corrected chi connectivity index (χ3v) is 5.97. The van der Waals surface area contributed by atoms with Crippen molar-refractivity contribution < 1.29 is 23.1 Å². The Bertz CT molecular complexity index is 994. The van der Waals surface area contributed by atoms with Crippen LogP contribution in [-0.2, 0) is 5.41 Å². The molecule has 33 heavy (non-hydrogen) atoms. The van der Waals surface area contributed by atoms with Gasteiger partial charge in [-0.3, -0.25) is 4.79 Å². The molecule has 1 aliphatic rings. The number of hydrogen-bond acceptors (Lipinski definition) is 5. The Morgan fingerprint density at radius 3 is 2.42 bits per heavy atom. The third-order valence-electron chi connectivity index (χ3n) is 5.97. The average Bonchev–Trinajstić information content (AvgIpc) is 2.74. The summed E-state index contributed by atoms with van der Waals surface area (Å²) in [4.78, 5) is 19.7. The van der Waals surface area contributed by atoms with E-state index >= 15 is 0 Å². The summed E-state index contributed by atoms with van der Waals surface area (Å²) < 4.78 is 38.2. The van der Waals surface area contributed by atoms with Gasteiger partial charge in [-0.25, -0.2) is 4.98 Å². The number of anilines is 1. The quantitative estimate of drug-likeness (QED) is 0.600. The van der Waals surface area contributed by atoms with Crippen molar-refractivity contribution in [3.8, 4) is 0 Å². The number of hydrogen-bond donors (Lipinski definition) is 3. The molecule has 1 fully saturated rings. The first-order chi connectivity index (χ1) is 15.4. The molecule has 1 amide bonds. The van der Waals surface area contributed by atoms with Gasteiger partial charge in [-0.15, -0.1) is 0 Å². The van der Waals surface area contributed by atoms with Crippen LogP contribution < -0.4 is 10.6 Å². The van der Waals surface area contributed by atoms with Crippen LogP contribution in [0.4, 0.5) is 18.9 Å². The number of pyridine rings is 1. The van der Waals surface area contributed by atoms with E-state index in [4.69, 9.17) is 10.1 Å². The maximum absolute atomic E-state index is 13.2. The maximum atomic E-state index is 13.2. The fourth-order valence-corrected chi connectivity index (χ4v) is 4.19. The molecule has 2 heterocycles. The second-order valence-electron chi connectivity index (χ2n) is 9.71. The summed E-state index contributed by atoms with van der Waals surface area (Å²) in [6.07, 6.45) is -2.71. The second-order valence-corrected chi connectivity index (χ2v) is 9.71. The molecular formula is C24H33F3N4O2. The predicted molar refractivity (Wildman–Crippen MR) is 124 cm³/mol. The molecule has 1 aliphatic heterocycles. The van der Waals surface area contributed by atoms with E-state index in [1.807, 2.05) is 27.7 Å². The summed E-state index contributed by atoms with van der Waals surface area (Å²) in [6.45, 7) is 8.50. The Morgan fingerprint density at radius 2 is 1.85 bits per heavy atom. The van der Waals surface area contributed by atoms with E-state index in [9.17, 15) is 18.0 Å². The number of alkyl halides is 3. The van der Waals surface area contributed by atoms with Gasteiger partial charge in [-0.05, 0) is 54.5 Å². The first-order valence-electron chi connectivity index (χ1n) is 11.3. The number of nitrogens with zero attached hydrogens (tertiary/aromatic N) is 2. The van der Waals surface area contributed by atoms with Crippen LogP contribution in [0.3, 0.4) is 0 Å². The van der Waals surface area contributed by atoms with Crippen molar-refractivity contribution in [2.45, 2.75) is 58.2 Å². The summed E-state index contributed by atoms with van der Waals surface area (Å²) in [6, 6.07) is 5.38. The summed E-state index contributed by atoms with van der Waals surface area (Å²) in [5.41, 5.74) is 2.57. The summed E-state index contributed by atoms with van der Waals surface area (Å²) in [5.74, 6) is -0.139. The average molecular weight is 467 g/mol. The zero-order valence-corrected chi connectivity index (χ0v) is 19.6. The molecule has 3 rings (SSSR count). The van der Waals surface area contributed by atoms with Crippen LogP contribution in [0.2, 0.25) is 0 Å². The minimum atomic E-state index is -4.32. The first-order valence-corrected chi connectivity index (χ1v) is 11.3. The number of carbonyl (C=O) groups excluding carboxylic acids is 1. The van der Waals surface area contributed by atoms with E-state index in [2.05, 4.69) is 10.6 Å². The molecule has 0 atom stereocenters. The van der Waals surface area contributed by atoms with Crippen LogP contribution in [0, 0.1) is 6.92 Å². The zero-order valence-electron chi connectivity index (χ0n) is 19.6. The van der Waals surface area contributed by atoms with E-state index in [1.165, 1.54) is 0 Å². The van der Waals surface area contributed by atoms with Crippen LogP contribution in [-0.4, -0.2) is 65.9 Å². The summed E-state index contributed by atoms with van der Waals surface area (Å²) in [5, 5.41) is 15.5. The van der Waals surface area contributed by atoms with Gasteiger partial charge in [0, 0.05) is 36.7 Å². The van der Waals surface area contributed by atoms with Gasteiger partial charge >= 0.3 is 6.18 Å². The number of aryl methyl sites for hydroxylation is 1. The standard InChI is InChI=1S/C24H33F3N4O2/c1-15-11-20(22(33)31-8-5-16(6-9-31)28-7-10-32)30-21-18(15)12-17(29-14-24(25,26)27)13-19(21)23(2,3)4/h11-13,16,28-29,32H,5-10,14H2,1-4H3. The van der Waals surface area contributed by atoms with E-state index < -0.39 is 12.7 Å². The molecule has 0 unspecified atom stereocenters. The third kappa shape index (κ3) is 6.35. The Balaban J connectivity index is 1.92. The molecule has 0 radical (unpaired) electrons. The van der Waals surface area contributed by atoms with E-state index in [-0.39, 0.29) is 24.0 Å². The van der Waals surface area contributed by atoms with Gasteiger partial charge in [0.25, 0.3) is 5.91 Å². The Labute approximate surface area is 192 Å². The van der Waals surface area contributed by atoms with Crippen LogP contribution in [0.15, 0.2) is 18.2 Å². The molecule has 1 aromatic heterocycles. The highest BCUT2D eigenvalue weighted by molar-refractivity contribution is 5.97. The largest absolute Gasteiger partial charge is 0.405 e. The predicted octanol–water partition coefficient (Wildman–Crippen LogP) is 4.00. The van der Waals surface area contributed by atoms with Gasteiger partial charge in [0.15, 0.2) is 0 Å². The Kier molecular flexibility index (Phi) is 7.53. The van der Waals surface area contributed by atoms with Gasteiger partial charge < -0.3 is 20.6 Å². The molecule has 0 saturated carbocycles. The lowest BCUT2D eigenvalue weighted by Crippen LogP contribution is -2.45. The number of amides is 1. The van der Waals surface area contributed by atoms with Crippen molar-refractivity contribution in [3.63, 3.8) is 0 Å². The number of piperidine rings is 1. The molecule has 0 aliphatic carbocycles. The molecule has 0 spiro atoms. The number of aromatic nitrogens is 1. The second kappa shape index (κ2) is 9.85. The number of rotatable bonds is 6. The minimum Gasteiger partial charge on any atom is -0.395 e. The number of aliphatic hydroxyl groups excluding tert-OH is 1. The van der Waals surface area contributed by atoms with Crippen LogP contribution in [0.25, 0.3) is 10.9 Å². The number of benzene rings is 1. The minimum absolute atomic E-state index is 0.0863. The van der Waals surface area contributed by atoms with Crippen LogP contribution in [0.5, 0.6) is 0 Å². The van der Waals surface area contributed by atoms with Crippen molar-refractivity contribution in [3.05, 3.63) is 35.0 Å². The number of nitrogens with one attached hydrogen (secondary N) is 2. The van der Waals surface area contributed by atoms with Crippen molar-refractivity contribution in [2.24, 2.45) is 0 Å². The van der Waals surface area contributed by atoms with Crippen molar-refractivity contribution in [1.29, 1.82) is 0 Å².